The maximum atomic E-state index is 13.1. The van der Waals surface area contributed by atoms with Crippen LogP contribution in [0.4, 0.5) is 8.78 Å². The number of benzene rings is 2. The molecule has 2 aromatic carbocycles. The molecule has 0 aliphatic carbocycles. The van der Waals surface area contributed by atoms with E-state index in [1.807, 2.05) is 30.5 Å². The molecule has 0 atom stereocenters. The predicted molar refractivity (Wildman–Crippen MR) is 128 cm³/mol. The van der Waals surface area contributed by atoms with E-state index in [4.69, 9.17) is 27.9 Å². The van der Waals surface area contributed by atoms with Crippen molar-refractivity contribution in [3.63, 3.8) is 0 Å². The number of carbonyl (C=O) groups is 1. The monoisotopic (exact) mass is 504 g/mol. The second-order valence-electron chi connectivity index (χ2n) is 7.72. The predicted octanol–water partition coefficient (Wildman–Crippen LogP) is 7.12. The van der Waals surface area contributed by atoms with Crippen molar-refractivity contribution in [2.75, 3.05) is 6.61 Å². The van der Waals surface area contributed by atoms with Gasteiger partial charge in [-0.25, -0.2) is 4.98 Å². The van der Waals surface area contributed by atoms with Gasteiger partial charge in [-0.05, 0) is 69.3 Å². The van der Waals surface area contributed by atoms with Crippen molar-refractivity contribution in [2.45, 2.75) is 27.4 Å². The Morgan fingerprint density at radius 3 is 2.41 bits per heavy atom. The number of ketones is 1. The van der Waals surface area contributed by atoms with E-state index in [0.717, 1.165) is 11.4 Å². The topological polar surface area (TPSA) is 53.4 Å². The highest BCUT2D eigenvalue weighted by atomic mass is 35.5. The summed E-state index contributed by atoms with van der Waals surface area (Å²) >= 11 is 12.6. The summed E-state index contributed by atoms with van der Waals surface area (Å²) in [5, 5.41) is 1.39. The Morgan fingerprint density at radius 1 is 1.03 bits per heavy atom. The van der Waals surface area contributed by atoms with Gasteiger partial charge in [0.1, 0.15) is 11.3 Å². The lowest BCUT2D eigenvalue weighted by Crippen LogP contribution is -2.13. The van der Waals surface area contributed by atoms with Gasteiger partial charge in [-0.15, -0.1) is 0 Å². The Hall–Kier alpha value is -3.16. The number of aromatic nitrogens is 2. The SMILES string of the molecule is Cc1ccc2c(Cl)cc(Cl)c(OCC(=O)c3cc(C)n(-c4ccc(OC(F)F)cc4)c3C)c2n1. The van der Waals surface area contributed by atoms with Crippen LogP contribution in [-0.2, 0) is 0 Å². The van der Waals surface area contributed by atoms with Crippen LogP contribution in [0.15, 0.2) is 48.5 Å². The number of hydrogen-bond acceptors (Lipinski definition) is 4. The first-order valence-corrected chi connectivity index (χ1v) is 11.1. The number of fused-ring (bicyclic) bond motifs is 1. The van der Waals surface area contributed by atoms with E-state index in [0.29, 0.717) is 38.6 Å². The fourth-order valence-corrected chi connectivity index (χ4v) is 4.43. The molecule has 0 radical (unpaired) electrons. The number of nitrogens with zero attached hydrogens (tertiary/aromatic N) is 2. The number of aryl methyl sites for hydroxylation is 2. The summed E-state index contributed by atoms with van der Waals surface area (Å²) in [7, 11) is 0. The molecule has 0 aliphatic rings. The lowest BCUT2D eigenvalue weighted by Gasteiger charge is -2.13. The van der Waals surface area contributed by atoms with Gasteiger partial charge in [-0.3, -0.25) is 4.79 Å². The Morgan fingerprint density at radius 2 is 1.74 bits per heavy atom. The van der Waals surface area contributed by atoms with E-state index >= 15 is 0 Å². The van der Waals surface area contributed by atoms with Gasteiger partial charge in [0.25, 0.3) is 0 Å². The first kappa shape index (κ1) is 24.0. The summed E-state index contributed by atoms with van der Waals surface area (Å²) in [4.78, 5) is 17.5. The molecule has 0 unspecified atom stereocenters. The Labute approximate surface area is 204 Å². The average Bonchev–Trinajstić information content (AvgIpc) is 3.07. The molecule has 5 nitrogen and oxygen atoms in total. The van der Waals surface area contributed by atoms with Crippen molar-refractivity contribution in [1.82, 2.24) is 9.55 Å². The molecule has 0 spiro atoms. The fourth-order valence-electron chi connectivity index (χ4n) is 3.86. The first-order valence-electron chi connectivity index (χ1n) is 10.3. The van der Waals surface area contributed by atoms with Crippen LogP contribution in [0.25, 0.3) is 16.6 Å². The maximum Gasteiger partial charge on any atom is 0.387 e. The van der Waals surface area contributed by atoms with Gasteiger partial charge in [-0.2, -0.15) is 8.78 Å². The number of halogens is 4. The van der Waals surface area contributed by atoms with E-state index in [1.165, 1.54) is 12.1 Å². The van der Waals surface area contributed by atoms with Gasteiger partial charge in [0, 0.05) is 33.7 Å². The van der Waals surface area contributed by atoms with Crippen LogP contribution in [0.5, 0.6) is 11.5 Å². The summed E-state index contributed by atoms with van der Waals surface area (Å²) < 4.78 is 36.9. The average molecular weight is 505 g/mol. The molecule has 4 rings (SSSR count). The zero-order chi connectivity index (χ0) is 24.6. The van der Waals surface area contributed by atoms with Crippen LogP contribution in [0.1, 0.15) is 27.4 Å². The number of pyridine rings is 1. The van der Waals surface area contributed by atoms with Gasteiger partial charge >= 0.3 is 6.61 Å². The number of carbonyl (C=O) groups excluding carboxylic acids is 1. The minimum Gasteiger partial charge on any atom is -0.482 e. The van der Waals surface area contributed by atoms with Crippen molar-refractivity contribution < 1.29 is 23.0 Å². The Bertz CT molecular complexity index is 1390. The van der Waals surface area contributed by atoms with E-state index in [1.54, 1.807) is 31.2 Å². The number of rotatable bonds is 7. The maximum absolute atomic E-state index is 13.1. The highest BCUT2D eigenvalue weighted by Crippen LogP contribution is 2.37. The molecule has 4 aromatic rings. The molecule has 0 N–H and O–H groups in total. The molecule has 9 heteroatoms. The lowest BCUT2D eigenvalue weighted by atomic mass is 10.1. The Balaban J connectivity index is 1.59. The lowest BCUT2D eigenvalue weighted by molar-refractivity contribution is -0.0498. The number of hydrogen-bond donors (Lipinski definition) is 0. The summed E-state index contributed by atoms with van der Waals surface area (Å²) in [6.45, 7) is 2.35. The molecule has 0 bridgehead atoms. The molecule has 0 fully saturated rings. The zero-order valence-electron chi connectivity index (χ0n) is 18.5. The number of alkyl halides is 2. The van der Waals surface area contributed by atoms with E-state index in [-0.39, 0.29) is 23.2 Å². The number of Topliss-reactive ketones (excluding diaryl/α,β-unsaturated/α-hetero) is 1. The standard InChI is InChI=1S/C25H20Cl2F2N2O3/c1-13-4-9-18-20(26)11-21(27)24(23(18)30-13)33-12-22(32)19-10-14(2)31(15(19)3)16-5-7-17(8-6-16)34-25(28)29/h4-11,25H,12H2,1-3H3. The van der Waals surface area contributed by atoms with Crippen molar-refractivity contribution in [3.8, 4) is 17.2 Å². The third-order valence-corrected chi connectivity index (χ3v) is 5.97. The summed E-state index contributed by atoms with van der Waals surface area (Å²) in [6.07, 6.45) is 0. The summed E-state index contributed by atoms with van der Waals surface area (Å²) in [6, 6.07) is 13.2. The first-order chi connectivity index (χ1) is 16.2. The second kappa shape index (κ2) is 9.60. The Kier molecular flexibility index (Phi) is 6.77. The quantitative estimate of drug-likeness (QED) is 0.251. The molecule has 0 amide bonds. The molecule has 2 aromatic heterocycles. The molecule has 176 valence electrons. The second-order valence-corrected chi connectivity index (χ2v) is 8.54. The third kappa shape index (κ3) is 4.72. The minimum absolute atomic E-state index is 0.0572. The van der Waals surface area contributed by atoms with E-state index in [9.17, 15) is 13.6 Å². The summed E-state index contributed by atoms with van der Waals surface area (Å²) in [5.41, 5.74) is 3.93. The smallest absolute Gasteiger partial charge is 0.387 e. The largest absolute Gasteiger partial charge is 0.482 e. The van der Waals surface area contributed by atoms with Gasteiger partial charge in [-0.1, -0.05) is 23.2 Å². The van der Waals surface area contributed by atoms with Crippen LogP contribution in [0.3, 0.4) is 0 Å². The van der Waals surface area contributed by atoms with Crippen LogP contribution in [0.2, 0.25) is 10.0 Å². The minimum atomic E-state index is -2.89. The molecular weight excluding hydrogens is 485 g/mol. The van der Waals surface area contributed by atoms with Crippen LogP contribution < -0.4 is 9.47 Å². The normalized spacial score (nSPS) is 11.3. The van der Waals surface area contributed by atoms with Crippen LogP contribution in [-0.4, -0.2) is 28.6 Å². The van der Waals surface area contributed by atoms with Gasteiger partial charge < -0.3 is 14.0 Å². The molecule has 0 saturated heterocycles. The third-order valence-electron chi connectivity index (χ3n) is 5.38. The number of ether oxygens (including phenoxy) is 2. The van der Waals surface area contributed by atoms with Gasteiger partial charge in [0.05, 0.1) is 10.0 Å². The van der Waals surface area contributed by atoms with Crippen molar-refractivity contribution >= 4 is 39.9 Å². The van der Waals surface area contributed by atoms with E-state index in [2.05, 4.69) is 9.72 Å². The van der Waals surface area contributed by atoms with Crippen molar-refractivity contribution in [3.05, 3.63) is 81.2 Å². The van der Waals surface area contributed by atoms with Gasteiger partial charge in [0.2, 0.25) is 5.78 Å². The highest BCUT2D eigenvalue weighted by molar-refractivity contribution is 6.39. The summed E-state index contributed by atoms with van der Waals surface area (Å²) in [5.74, 6) is 0.104. The van der Waals surface area contributed by atoms with Crippen LogP contribution in [0, 0.1) is 20.8 Å². The molecule has 0 saturated carbocycles. The van der Waals surface area contributed by atoms with Crippen LogP contribution >= 0.6 is 23.2 Å². The van der Waals surface area contributed by atoms with Crippen molar-refractivity contribution in [1.29, 1.82) is 0 Å². The molecular formula is C25H20Cl2F2N2O3. The molecule has 0 aliphatic heterocycles. The molecule has 2 heterocycles. The molecule has 34 heavy (non-hydrogen) atoms. The zero-order valence-corrected chi connectivity index (χ0v) is 20.0. The highest BCUT2D eigenvalue weighted by Gasteiger charge is 2.20. The van der Waals surface area contributed by atoms with Gasteiger partial charge in [0.15, 0.2) is 12.4 Å². The van der Waals surface area contributed by atoms with E-state index < -0.39 is 6.61 Å². The van der Waals surface area contributed by atoms with Crippen molar-refractivity contribution in [2.24, 2.45) is 0 Å². The fraction of sp³-hybridized carbons (Fsp3) is 0.200.